The quantitative estimate of drug-likeness (QED) is 0.912. The monoisotopic (exact) mass is 279 g/mol. The van der Waals surface area contributed by atoms with E-state index in [4.69, 9.17) is 0 Å². The van der Waals surface area contributed by atoms with Crippen molar-refractivity contribution in [1.29, 1.82) is 0 Å². The van der Waals surface area contributed by atoms with Crippen molar-refractivity contribution < 1.29 is 0 Å². The summed E-state index contributed by atoms with van der Waals surface area (Å²) in [5, 5.41) is 5.73. The van der Waals surface area contributed by atoms with Crippen LogP contribution in [0, 0.1) is 0 Å². The Morgan fingerprint density at radius 3 is 3.16 bits per heavy atom. The molecule has 0 radical (unpaired) electrons. The van der Waals surface area contributed by atoms with Gasteiger partial charge < -0.3 is 10.2 Å². The highest BCUT2D eigenvalue weighted by atomic mass is 32.1. The van der Waals surface area contributed by atoms with Crippen molar-refractivity contribution in [1.82, 2.24) is 15.1 Å². The van der Waals surface area contributed by atoms with Crippen LogP contribution in [0.25, 0.3) is 0 Å². The van der Waals surface area contributed by atoms with Gasteiger partial charge in [0.05, 0.1) is 0 Å². The summed E-state index contributed by atoms with van der Waals surface area (Å²) in [4.78, 5) is 6.89. The molecule has 1 saturated heterocycles. The van der Waals surface area contributed by atoms with Crippen LogP contribution in [-0.4, -0.2) is 55.6 Å². The summed E-state index contributed by atoms with van der Waals surface area (Å²) in [6, 6.07) is 2.94. The molecule has 2 aliphatic rings. The zero-order valence-corrected chi connectivity index (χ0v) is 12.7. The van der Waals surface area contributed by atoms with Crippen molar-refractivity contribution in [3.8, 4) is 0 Å². The van der Waals surface area contributed by atoms with E-state index in [0.717, 1.165) is 6.54 Å². The van der Waals surface area contributed by atoms with Crippen LogP contribution in [-0.2, 0) is 6.42 Å². The van der Waals surface area contributed by atoms with Gasteiger partial charge >= 0.3 is 0 Å². The first-order valence-electron chi connectivity index (χ1n) is 7.58. The molecule has 4 heteroatoms. The van der Waals surface area contributed by atoms with Gasteiger partial charge in [0.15, 0.2) is 0 Å². The topological polar surface area (TPSA) is 18.5 Å². The van der Waals surface area contributed by atoms with E-state index in [2.05, 4.69) is 33.5 Å². The summed E-state index contributed by atoms with van der Waals surface area (Å²) in [7, 11) is 0. The Labute approximate surface area is 120 Å². The molecular formula is C15H25N3S. The molecule has 1 aromatic heterocycles. The highest BCUT2D eigenvalue weighted by Crippen LogP contribution is 2.32. The lowest BCUT2D eigenvalue weighted by atomic mass is 10.0. The summed E-state index contributed by atoms with van der Waals surface area (Å²) in [5.74, 6) is 0. The molecule has 0 bridgehead atoms. The average molecular weight is 279 g/mol. The number of nitrogens with zero attached hydrogens (tertiary/aromatic N) is 2. The molecule has 1 N–H and O–H groups in total. The van der Waals surface area contributed by atoms with Crippen molar-refractivity contribution in [2.24, 2.45) is 0 Å². The Hall–Kier alpha value is -0.420. The molecule has 3 nitrogen and oxygen atoms in total. The van der Waals surface area contributed by atoms with Gasteiger partial charge in [0.2, 0.25) is 0 Å². The van der Waals surface area contributed by atoms with E-state index < -0.39 is 0 Å². The molecule has 1 fully saturated rings. The second-order valence-corrected chi connectivity index (χ2v) is 6.71. The zero-order chi connectivity index (χ0) is 13.1. The standard InChI is InChI=1S/C15H25N3S/c1-13-14-4-12-19-15(14)3-8-18(13)11-10-17-7-2-5-16-6-9-17/h4,12-13,16H,2-3,5-11H2,1H3. The Morgan fingerprint density at radius 2 is 2.21 bits per heavy atom. The summed E-state index contributed by atoms with van der Waals surface area (Å²) in [5.41, 5.74) is 1.58. The fraction of sp³-hybridized carbons (Fsp3) is 0.733. The lowest BCUT2D eigenvalue weighted by Gasteiger charge is -2.35. The molecule has 1 unspecified atom stereocenters. The molecule has 0 saturated carbocycles. The number of fused-ring (bicyclic) bond motifs is 1. The largest absolute Gasteiger partial charge is 0.315 e. The number of hydrogen-bond donors (Lipinski definition) is 1. The summed E-state index contributed by atoms with van der Waals surface area (Å²) < 4.78 is 0. The predicted octanol–water partition coefficient (Wildman–Crippen LogP) is 1.96. The molecule has 0 amide bonds. The first kappa shape index (κ1) is 13.6. The smallest absolute Gasteiger partial charge is 0.0331 e. The van der Waals surface area contributed by atoms with E-state index >= 15 is 0 Å². The maximum Gasteiger partial charge on any atom is 0.0331 e. The van der Waals surface area contributed by atoms with Gasteiger partial charge in [0.25, 0.3) is 0 Å². The minimum atomic E-state index is 0.611. The van der Waals surface area contributed by atoms with Gasteiger partial charge in [-0.2, -0.15) is 0 Å². The van der Waals surface area contributed by atoms with Crippen molar-refractivity contribution in [3.63, 3.8) is 0 Å². The second kappa shape index (κ2) is 6.35. The van der Waals surface area contributed by atoms with Crippen molar-refractivity contribution in [3.05, 3.63) is 21.9 Å². The van der Waals surface area contributed by atoms with Gasteiger partial charge in [0.1, 0.15) is 0 Å². The highest BCUT2D eigenvalue weighted by Gasteiger charge is 2.24. The van der Waals surface area contributed by atoms with Gasteiger partial charge in [-0.3, -0.25) is 4.90 Å². The van der Waals surface area contributed by atoms with Crippen LogP contribution in [0.4, 0.5) is 0 Å². The average Bonchev–Trinajstić information content (AvgIpc) is 2.75. The van der Waals surface area contributed by atoms with E-state index in [9.17, 15) is 0 Å². The second-order valence-electron chi connectivity index (χ2n) is 5.71. The normalized spacial score (nSPS) is 26.1. The molecule has 0 spiro atoms. The maximum atomic E-state index is 3.48. The third-order valence-electron chi connectivity index (χ3n) is 4.54. The van der Waals surface area contributed by atoms with Crippen molar-refractivity contribution in [2.45, 2.75) is 25.8 Å². The van der Waals surface area contributed by atoms with Crippen LogP contribution >= 0.6 is 11.3 Å². The van der Waals surface area contributed by atoms with Crippen LogP contribution in [0.2, 0.25) is 0 Å². The van der Waals surface area contributed by atoms with Crippen LogP contribution in [0.1, 0.15) is 29.8 Å². The molecular weight excluding hydrogens is 254 g/mol. The predicted molar refractivity (Wildman–Crippen MR) is 81.9 cm³/mol. The van der Waals surface area contributed by atoms with E-state index in [1.54, 1.807) is 10.4 Å². The highest BCUT2D eigenvalue weighted by molar-refractivity contribution is 7.10. The van der Waals surface area contributed by atoms with Gasteiger partial charge in [-0.1, -0.05) is 0 Å². The first-order valence-corrected chi connectivity index (χ1v) is 8.46. The minimum Gasteiger partial charge on any atom is -0.315 e. The van der Waals surface area contributed by atoms with E-state index in [-0.39, 0.29) is 0 Å². The van der Waals surface area contributed by atoms with Gasteiger partial charge in [-0.05, 0) is 49.9 Å². The fourth-order valence-corrected chi connectivity index (χ4v) is 4.22. The van der Waals surface area contributed by atoms with Crippen LogP contribution in [0.5, 0.6) is 0 Å². The number of thiophene rings is 1. The van der Waals surface area contributed by atoms with Crippen molar-refractivity contribution >= 4 is 11.3 Å². The lowest BCUT2D eigenvalue weighted by Crippen LogP contribution is -2.40. The molecule has 19 heavy (non-hydrogen) atoms. The number of hydrogen-bond acceptors (Lipinski definition) is 4. The van der Waals surface area contributed by atoms with Crippen molar-refractivity contribution in [2.75, 3.05) is 45.8 Å². The zero-order valence-electron chi connectivity index (χ0n) is 11.9. The van der Waals surface area contributed by atoms with E-state index in [1.807, 2.05) is 11.3 Å². The Kier molecular flexibility index (Phi) is 4.53. The third kappa shape index (κ3) is 3.19. The van der Waals surface area contributed by atoms with Crippen LogP contribution < -0.4 is 5.32 Å². The Bertz CT molecular complexity index is 396. The molecule has 1 atom stereocenters. The SMILES string of the molecule is CC1c2ccsc2CCN1CCN1CCCNCC1. The third-order valence-corrected chi connectivity index (χ3v) is 5.54. The Balaban J connectivity index is 1.53. The van der Waals surface area contributed by atoms with Gasteiger partial charge in [0, 0.05) is 43.6 Å². The fourth-order valence-electron chi connectivity index (χ4n) is 3.26. The first-order chi connectivity index (χ1) is 9.34. The molecule has 3 heterocycles. The van der Waals surface area contributed by atoms with Crippen LogP contribution in [0.15, 0.2) is 11.4 Å². The molecule has 2 aliphatic heterocycles. The lowest BCUT2D eigenvalue weighted by molar-refractivity contribution is 0.165. The Morgan fingerprint density at radius 1 is 1.26 bits per heavy atom. The maximum absolute atomic E-state index is 3.48. The number of rotatable bonds is 3. The van der Waals surface area contributed by atoms with Gasteiger partial charge in [-0.25, -0.2) is 0 Å². The molecule has 106 valence electrons. The minimum absolute atomic E-state index is 0.611. The molecule has 0 aliphatic carbocycles. The summed E-state index contributed by atoms with van der Waals surface area (Å²) in [6.45, 7) is 10.9. The summed E-state index contributed by atoms with van der Waals surface area (Å²) >= 11 is 1.93. The van der Waals surface area contributed by atoms with Gasteiger partial charge in [-0.15, -0.1) is 11.3 Å². The number of nitrogens with one attached hydrogen (secondary N) is 1. The molecule has 0 aromatic carbocycles. The molecule has 1 aromatic rings. The summed E-state index contributed by atoms with van der Waals surface area (Å²) in [6.07, 6.45) is 2.54. The van der Waals surface area contributed by atoms with E-state index in [0.29, 0.717) is 6.04 Å². The molecule has 3 rings (SSSR count). The van der Waals surface area contributed by atoms with Crippen LogP contribution in [0.3, 0.4) is 0 Å². The van der Waals surface area contributed by atoms with E-state index in [1.165, 1.54) is 52.1 Å².